The number of sulfone groups is 1. The van der Waals surface area contributed by atoms with Gasteiger partial charge in [0.25, 0.3) is 5.91 Å². The summed E-state index contributed by atoms with van der Waals surface area (Å²) in [5.41, 5.74) is 1.14. The van der Waals surface area contributed by atoms with Gasteiger partial charge in [0.1, 0.15) is 0 Å². The normalized spacial score (nSPS) is 15.8. The van der Waals surface area contributed by atoms with Crippen molar-refractivity contribution in [3.8, 4) is 0 Å². The lowest BCUT2D eigenvalue weighted by atomic mass is 10.1. The third-order valence-electron chi connectivity index (χ3n) is 4.58. The van der Waals surface area contributed by atoms with Crippen molar-refractivity contribution in [2.24, 2.45) is 0 Å². The van der Waals surface area contributed by atoms with Crippen LogP contribution in [-0.4, -0.2) is 59.6 Å². The number of carbonyl (C=O) groups is 1. The number of sulfonamides is 1. The van der Waals surface area contributed by atoms with Gasteiger partial charge in [0.05, 0.1) is 23.0 Å². The minimum Gasteiger partial charge on any atom is -0.379 e. The average molecular weight is 439 g/mol. The van der Waals surface area contributed by atoms with E-state index in [2.05, 4.69) is 5.32 Å². The second-order valence-corrected chi connectivity index (χ2v) is 10.7. The van der Waals surface area contributed by atoms with Crippen LogP contribution >= 0.6 is 0 Å². The predicted octanol–water partition coefficient (Wildman–Crippen LogP) is 1.67. The quantitative estimate of drug-likeness (QED) is 0.760. The van der Waals surface area contributed by atoms with Gasteiger partial charge in [0.15, 0.2) is 9.84 Å². The maximum Gasteiger partial charge on any atom is 0.255 e. The molecule has 0 atom stereocenters. The maximum absolute atomic E-state index is 13.0. The number of hydrogen-bond donors (Lipinski definition) is 1. The van der Waals surface area contributed by atoms with E-state index in [9.17, 15) is 21.6 Å². The van der Waals surface area contributed by atoms with E-state index < -0.39 is 25.8 Å². The molecule has 1 fully saturated rings. The van der Waals surface area contributed by atoms with Gasteiger partial charge >= 0.3 is 0 Å². The molecule has 2 aromatic carbocycles. The van der Waals surface area contributed by atoms with Gasteiger partial charge in [0.2, 0.25) is 10.0 Å². The smallest absolute Gasteiger partial charge is 0.255 e. The predicted molar refractivity (Wildman–Crippen MR) is 108 cm³/mol. The van der Waals surface area contributed by atoms with Gasteiger partial charge < -0.3 is 10.1 Å². The number of benzene rings is 2. The van der Waals surface area contributed by atoms with Crippen molar-refractivity contribution < 1.29 is 26.4 Å². The first kappa shape index (κ1) is 21.4. The Morgan fingerprint density at radius 2 is 1.62 bits per heavy atom. The maximum atomic E-state index is 13.0. The second kappa shape index (κ2) is 8.23. The van der Waals surface area contributed by atoms with Gasteiger partial charge in [-0.2, -0.15) is 4.31 Å². The number of carbonyl (C=O) groups excluding carboxylic acids is 1. The Labute approximate surface area is 170 Å². The Balaban J connectivity index is 1.84. The van der Waals surface area contributed by atoms with E-state index in [1.807, 2.05) is 0 Å². The first-order valence-electron chi connectivity index (χ1n) is 8.89. The van der Waals surface area contributed by atoms with Gasteiger partial charge in [-0.1, -0.05) is 6.07 Å². The lowest BCUT2D eigenvalue weighted by molar-refractivity contribution is 0.0730. The highest BCUT2D eigenvalue weighted by atomic mass is 32.2. The van der Waals surface area contributed by atoms with Crippen LogP contribution in [0.25, 0.3) is 0 Å². The molecule has 0 bridgehead atoms. The van der Waals surface area contributed by atoms with Crippen LogP contribution < -0.4 is 5.32 Å². The Bertz CT molecular complexity index is 1120. The lowest BCUT2D eigenvalue weighted by Crippen LogP contribution is -2.40. The Morgan fingerprint density at radius 1 is 1.00 bits per heavy atom. The summed E-state index contributed by atoms with van der Waals surface area (Å²) in [5.74, 6) is -0.490. The van der Waals surface area contributed by atoms with E-state index in [0.29, 0.717) is 24.5 Å². The van der Waals surface area contributed by atoms with Crippen LogP contribution in [0.15, 0.2) is 52.3 Å². The van der Waals surface area contributed by atoms with E-state index in [0.717, 1.165) is 6.26 Å². The van der Waals surface area contributed by atoms with Crippen molar-refractivity contribution >= 4 is 31.5 Å². The number of ether oxygens (including phenoxy) is 1. The number of nitrogens with one attached hydrogen (secondary N) is 1. The summed E-state index contributed by atoms with van der Waals surface area (Å²) < 4.78 is 55.5. The standard InChI is InChI=1S/C19H22N2O6S2/c1-14-3-4-15(13-18(14)29(25,26)21-9-11-27-12-10-21)19(22)20-16-5-7-17(8-6-16)28(2,23)24/h3-8,13H,9-12H2,1-2H3,(H,20,22). The fraction of sp³-hybridized carbons (Fsp3) is 0.316. The van der Waals surface area contributed by atoms with Crippen LogP contribution in [-0.2, 0) is 24.6 Å². The van der Waals surface area contributed by atoms with Crippen molar-refractivity contribution in [3.63, 3.8) is 0 Å². The monoisotopic (exact) mass is 438 g/mol. The molecule has 2 aromatic rings. The number of aryl methyl sites for hydroxylation is 1. The molecular formula is C19H22N2O6S2. The fourth-order valence-electron chi connectivity index (χ4n) is 2.93. The van der Waals surface area contributed by atoms with Crippen molar-refractivity contribution in [1.29, 1.82) is 0 Å². The number of hydrogen-bond acceptors (Lipinski definition) is 6. The van der Waals surface area contributed by atoms with Crippen LogP contribution in [0.5, 0.6) is 0 Å². The summed E-state index contributed by atoms with van der Waals surface area (Å²) in [6.07, 6.45) is 1.10. The first-order valence-corrected chi connectivity index (χ1v) is 12.2. The Hall–Kier alpha value is -2.27. The molecule has 0 saturated carbocycles. The number of morpholine rings is 1. The molecule has 8 nitrogen and oxygen atoms in total. The van der Waals surface area contributed by atoms with Crippen LogP contribution in [0.1, 0.15) is 15.9 Å². The molecule has 1 saturated heterocycles. The SMILES string of the molecule is Cc1ccc(C(=O)Nc2ccc(S(C)(=O)=O)cc2)cc1S(=O)(=O)N1CCOCC1. The van der Waals surface area contributed by atoms with Crippen molar-refractivity contribution in [2.75, 3.05) is 37.9 Å². The van der Waals surface area contributed by atoms with Crippen molar-refractivity contribution in [1.82, 2.24) is 4.31 Å². The van der Waals surface area contributed by atoms with Gasteiger partial charge in [-0.15, -0.1) is 0 Å². The molecule has 0 aliphatic carbocycles. The molecule has 1 amide bonds. The van der Waals surface area contributed by atoms with Gasteiger partial charge in [0, 0.05) is 30.6 Å². The zero-order chi connectivity index (χ0) is 21.2. The minimum absolute atomic E-state index is 0.0828. The van der Waals surface area contributed by atoms with E-state index >= 15 is 0 Å². The molecule has 0 radical (unpaired) electrons. The summed E-state index contributed by atoms with van der Waals surface area (Å²) in [4.78, 5) is 12.8. The highest BCUT2D eigenvalue weighted by Gasteiger charge is 2.28. The molecule has 10 heteroatoms. The lowest BCUT2D eigenvalue weighted by Gasteiger charge is -2.26. The van der Waals surface area contributed by atoms with Crippen LogP contribution in [0.3, 0.4) is 0 Å². The Kier molecular flexibility index (Phi) is 6.08. The average Bonchev–Trinajstić information content (AvgIpc) is 2.68. The summed E-state index contributed by atoms with van der Waals surface area (Å²) in [6.45, 7) is 2.89. The highest BCUT2D eigenvalue weighted by Crippen LogP contribution is 2.23. The first-order chi connectivity index (χ1) is 13.6. The van der Waals surface area contributed by atoms with Gasteiger partial charge in [-0.25, -0.2) is 16.8 Å². The molecule has 1 aliphatic heterocycles. The zero-order valence-electron chi connectivity index (χ0n) is 16.1. The van der Waals surface area contributed by atoms with Crippen LogP contribution in [0.4, 0.5) is 5.69 Å². The van der Waals surface area contributed by atoms with E-state index in [-0.39, 0.29) is 28.4 Å². The molecule has 1 aliphatic rings. The highest BCUT2D eigenvalue weighted by molar-refractivity contribution is 7.90. The Morgan fingerprint density at radius 3 is 2.21 bits per heavy atom. The molecule has 1 heterocycles. The van der Waals surface area contributed by atoms with Crippen molar-refractivity contribution in [2.45, 2.75) is 16.7 Å². The number of rotatable bonds is 5. The topological polar surface area (TPSA) is 110 Å². The van der Waals surface area contributed by atoms with Crippen LogP contribution in [0.2, 0.25) is 0 Å². The summed E-state index contributed by atoms with van der Waals surface area (Å²) in [6, 6.07) is 10.3. The largest absolute Gasteiger partial charge is 0.379 e. The van der Waals surface area contributed by atoms with Gasteiger partial charge in [-0.3, -0.25) is 4.79 Å². The van der Waals surface area contributed by atoms with E-state index in [4.69, 9.17) is 4.74 Å². The van der Waals surface area contributed by atoms with Crippen LogP contribution in [0, 0.1) is 6.92 Å². The summed E-state index contributed by atoms with van der Waals surface area (Å²) >= 11 is 0. The van der Waals surface area contributed by atoms with Crippen molar-refractivity contribution in [3.05, 3.63) is 53.6 Å². The zero-order valence-corrected chi connectivity index (χ0v) is 17.7. The molecule has 0 aromatic heterocycles. The van der Waals surface area contributed by atoms with E-state index in [1.54, 1.807) is 19.1 Å². The molecule has 29 heavy (non-hydrogen) atoms. The van der Waals surface area contributed by atoms with E-state index in [1.165, 1.54) is 34.6 Å². The number of anilines is 1. The number of nitrogens with zero attached hydrogens (tertiary/aromatic N) is 1. The third-order valence-corrected chi connectivity index (χ3v) is 7.75. The molecule has 156 valence electrons. The second-order valence-electron chi connectivity index (χ2n) is 6.75. The third kappa shape index (κ3) is 4.84. The molecule has 3 rings (SSSR count). The molecule has 1 N–H and O–H groups in total. The molecular weight excluding hydrogens is 416 g/mol. The minimum atomic E-state index is -3.74. The number of amides is 1. The molecule has 0 spiro atoms. The summed E-state index contributed by atoms with van der Waals surface area (Å²) in [7, 11) is -7.07. The molecule has 0 unspecified atom stereocenters. The van der Waals surface area contributed by atoms with Gasteiger partial charge in [-0.05, 0) is 48.9 Å². The summed E-state index contributed by atoms with van der Waals surface area (Å²) in [5, 5.41) is 2.65. The fourth-order valence-corrected chi connectivity index (χ4v) is 5.22.